The van der Waals surface area contributed by atoms with Gasteiger partial charge in [0.15, 0.2) is 0 Å². The summed E-state index contributed by atoms with van der Waals surface area (Å²) in [5.41, 5.74) is 6.20. The molecule has 0 spiro atoms. The highest BCUT2D eigenvalue weighted by Gasteiger charge is 2.61. The van der Waals surface area contributed by atoms with Crippen LogP contribution in [0.3, 0.4) is 0 Å². The summed E-state index contributed by atoms with van der Waals surface area (Å²) in [6.45, 7) is 6.74. The maximum Gasteiger partial charge on any atom is 0.109 e. The second-order valence-corrected chi connectivity index (χ2v) is 4.68. The van der Waals surface area contributed by atoms with Gasteiger partial charge in [-0.05, 0) is 19.8 Å². The van der Waals surface area contributed by atoms with E-state index in [0.29, 0.717) is 5.92 Å². The lowest BCUT2D eigenvalue weighted by Crippen LogP contribution is -2.36. The molecular formula is C9H17NO. The third-order valence-electron chi connectivity index (χ3n) is 4.02. The van der Waals surface area contributed by atoms with Gasteiger partial charge in [-0.15, -0.1) is 0 Å². The van der Waals surface area contributed by atoms with Gasteiger partial charge in [0.05, 0.1) is 5.60 Å². The van der Waals surface area contributed by atoms with Gasteiger partial charge in [0.2, 0.25) is 0 Å². The Kier molecular flexibility index (Phi) is 1.24. The number of fused-ring (bicyclic) bond motifs is 2. The molecule has 0 aromatic heterocycles. The molecule has 2 bridgehead atoms. The predicted molar refractivity (Wildman–Crippen MR) is 44.0 cm³/mol. The monoisotopic (exact) mass is 155 g/mol. The molecule has 11 heavy (non-hydrogen) atoms. The fourth-order valence-electron chi connectivity index (χ4n) is 2.67. The van der Waals surface area contributed by atoms with Gasteiger partial charge < -0.3 is 10.5 Å². The predicted octanol–water partition coefficient (Wildman–Crippen LogP) is 1.50. The molecule has 0 aromatic rings. The van der Waals surface area contributed by atoms with Gasteiger partial charge in [0, 0.05) is 11.3 Å². The minimum Gasteiger partial charge on any atom is -0.357 e. The smallest absolute Gasteiger partial charge is 0.109 e. The average Bonchev–Trinajstić information content (AvgIpc) is 2.13. The highest BCUT2D eigenvalue weighted by Crippen LogP contribution is 2.58. The third kappa shape index (κ3) is 0.695. The van der Waals surface area contributed by atoms with E-state index in [2.05, 4.69) is 20.8 Å². The number of rotatable bonds is 0. The molecular weight excluding hydrogens is 138 g/mol. The zero-order chi connectivity index (χ0) is 8.28. The molecule has 0 amide bonds. The largest absolute Gasteiger partial charge is 0.357 e. The molecule has 1 aliphatic heterocycles. The molecule has 1 heterocycles. The summed E-state index contributed by atoms with van der Waals surface area (Å²) in [5.74, 6) is 0.576. The van der Waals surface area contributed by atoms with E-state index in [4.69, 9.17) is 10.5 Å². The van der Waals surface area contributed by atoms with Crippen LogP contribution in [-0.4, -0.2) is 11.8 Å². The standard InChI is InChI=1S/C9H17NO/c1-8(2)6-4-5-9(8,3)11-7(6)10/h6-7H,4-5,10H2,1-3H3. The van der Waals surface area contributed by atoms with Gasteiger partial charge in [0.1, 0.15) is 6.23 Å². The Bertz CT molecular complexity index is 187. The summed E-state index contributed by atoms with van der Waals surface area (Å²) in [4.78, 5) is 0. The molecule has 64 valence electrons. The third-order valence-corrected chi connectivity index (χ3v) is 4.02. The first-order valence-corrected chi connectivity index (χ1v) is 4.41. The second kappa shape index (κ2) is 1.80. The van der Waals surface area contributed by atoms with Crippen molar-refractivity contribution in [1.29, 1.82) is 0 Å². The van der Waals surface area contributed by atoms with Crippen molar-refractivity contribution in [2.24, 2.45) is 17.1 Å². The Hall–Kier alpha value is -0.0800. The molecule has 1 aliphatic carbocycles. The maximum atomic E-state index is 5.86. The van der Waals surface area contributed by atoms with Crippen molar-refractivity contribution in [2.45, 2.75) is 45.4 Å². The van der Waals surface area contributed by atoms with Gasteiger partial charge in [0.25, 0.3) is 0 Å². The van der Waals surface area contributed by atoms with Crippen LogP contribution in [0, 0.1) is 11.3 Å². The lowest BCUT2D eigenvalue weighted by molar-refractivity contribution is -0.0745. The lowest BCUT2D eigenvalue weighted by Gasteiger charge is -2.32. The molecule has 2 aliphatic rings. The average molecular weight is 155 g/mol. The molecule has 2 rings (SSSR count). The van der Waals surface area contributed by atoms with Crippen molar-refractivity contribution >= 4 is 0 Å². The first-order valence-electron chi connectivity index (χ1n) is 4.41. The minimum atomic E-state index is -0.0104. The van der Waals surface area contributed by atoms with E-state index in [-0.39, 0.29) is 17.2 Å². The van der Waals surface area contributed by atoms with Crippen LogP contribution in [0.15, 0.2) is 0 Å². The fraction of sp³-hybridized carbons (Fsp3) is 1.00. The molecule has 1 saturated carbocycles. The summed E-state index contributed by atoms with van der Waals surface area (Å²) in [5, 5.41) is 0. The summed E-state index contributed by atoms with van der Waals surface area (Å²) >= 11 is 0. The Morgan fingerprint density at radius 1 is 1.36 bits per heavy atom. The van der Waals surface area contributed by atoms with E-state index in [1.165, 1.54) is 12.8 Å². The lowest BCUT2D eigenvalue weighted by atomic mass is 9.75. The van der Waals surface area contributed by atoms with Crippen molar-refractivity contribution in [3.8, 4) is 0 Å². The van der Waals surface area contributed by atoms with E-state index in [0.717, 1.165) is 0 Å². The Morgan fingerprint density at radius 2 is 2.00 bits per heavy atom. The van der Waals surface area contributed by atoms with Gasteiger partial charge >= 0.3 is 0 Å². The Morgan fingerprint density at radius 3 is 2.18 bits per heavy atom. The van der Waals surface area contributed by atoms with Crippen molar-refractivity contribution in [3.05, 3.63) is 0 Å². The number of nitrogens with two attached hydrogens (primary N) is 1. The highest BCUT2D eigenvalue weighted by atomic mass is 16.5. The van der Waals surface area contributed by atoms with Crippen molar-refractivity contribution in [3.63, 3.8) is 0 Å². The van der Waals surface area contributed by atoms with Crippen LogP contribution in [-0.2, 0) is 4.74 Å². The zero-order valence-corrected chi connectivity index (χ0v) is 7.55. The van der Waals surface area contributed by atoms with Crippen molar-refractivity contribution in [2.75, 3.05) is 0 Å². The van der Waals surface area contributed by atoms with Crippen LogP contribution in [0.1, 0.15) is 33.6 Å². The van der Waals surface area contributed by atoms with Crippen LogP contribution in [0.2, 0.25) is 0 Å². The topological polar surface area (TPSA) is 35.2 Å². The molecule has 2 heteroatoms. The number of hydrogen-bond acceptors (Lipinski definition) is 2. The summed E-state index contributed by atoms with van der Waals surface area (Å²) in [7, 11) is 0. The van der Waals surface area contributed by atoms with E-state index < -0.39 is 0 Å². The summed E-state index contributed by atoms with van der Waals surface area (Å²) in [6, 6.07) is 0. The van der Waals surface area contributed by atoms with Gasteiger partial charge in [-0.25, -0.2) is 0 Å². The molecule has 2 nitrogen and oxygen atoms in total. The molecule has 2 N–H and O–H groups in total. The van der Waals surface area contributed by atoms with Crippen molar-refractivity contribution in [1.82, 2.24) is 0 Å². The van der Waals surface area contributed by atoms with E-state index in [9.17, 15) is 0 Å². The second-order valence-electron chi connectivity index (χ2n) is 4.68. The van der Waals surface area contributed by atoms with Crippen LogP contribution in [0.25, 0.3) is 0 Å². The molecule has 0 radical (unpaired) electrons. The first-order chi connectivity index (χ1) is 4.97. The van der Waals surface area contributed by atoms with Crippen LogP contribution >= 0.6 is 0 Å². The summed E-state index contributed by atoms with van der Waals surface area (Å²) < 4.78 is 5.74. The fourth-order valence-corrected chi connectivity index (χ4v) is 2.67. The molecule has 1 saturated heterocycles. The van der Waals surface area contributed by atoms with E-state index >= 15 is 0 Å². The van der Waals surface area contributed by atoms with Crippen LogP contribution in [0.5, 0.6) is 0 Å². The maximum absolute atomic E-state index is 5.86. The number of ether oxygens (including phenoxy) is 1. The van der Waals surface area contributed by atoms with E-state index in [1.54, 1.807) is 0 Å². The normalized spacial score (nSPS) is 53.5. The van der Waals surface area contributed by atoms with Crippen LogP contribution in [0.4, 0.5) is 0 Å². The first kappa shape index (κ1) is 7.56. The SMILES string of the molecule is CC12CCC(C(N)O1)C2(C)C. The van der Waals surface area contributed by atoms with E-state index in [1.807, 2.05) is 0 Å². The zero-order valence-electron chi connectivity index (χ0n) is 7.55. The quantitative estimate of drug-likeness (QED) is 0.575. The van der Waals surface area contributed by atoms with Crippen molar-refractivity contribution < 1.29 is 4.74 Å². The minimum absolute atomic E-state index is 0.0104. The molecule has 3 atom stereocenters. The number of hydrogen-bond donors (Lipinski definition) is 1. The Labute approximate surface area is 68.1 Å². The summed E-state index contributed by atoms with van der Waals surface area (Å²) in [6.07, 6.45) is 2.41. The highest BCUT2D eigenvalue weighted by molar-refractivity contribution is 5.08. The van der Waals surface area contributed by atoms with Gasteiger partial charge in [-0.1, -0.05) is 13.8 Å². The van der Waals surface area contributed by atoms with Gasteiger partial charge in [-0.3, -0.25) is 0 Å². The van der Waals surface area contributed by atoms with Crippen LogP contribution < -0.4 is 5.73 Å². The molecule has 3 unspecified atom stereocenters. The van der Waals surface area contributed by atoms with Gasteiger partial charge in [-0.2, -0.15) is 0 Å². The molecule has 0 aromatic carbocycles. The Balaban J connectivity index is 2.37. The molecule has 2 fully saturated rings.